The van der Waals surface area contributed by atoms with Gasteiger partial charge in [-0.2, -0.15) is 5.26 Å². The molecule has 1 aliphatic carbocycles. The standard InChI is InChI=1S/C18H25N3OS/c1-13(10-11-19)23-17-7-5-4-6-16(17)20-18(22)12-21(3)14(2)15-8-9-15/h4-7,13-15H,8-10,12H2,1-3H3,(H,20,22)/t13-,14+/m0/s1. The molecule has 124 valence electrons. The fourth-order valence-corrected chi connectivity index (χ4v) is 3.55. The second kappa shape index (κ2) is 8.37. The summed E-state index contributed by atoms with van der Waals surface area (Å²) < 4.78 is 0. The topological polar surface area (TPSA) is 56.1 Å². The third-order valence-electron chi connectivity index (χ3n) is 4.26. The van der Waals surface area contributed by atoms with Crippen LogP contribution in [0.2, 0.25) is 0 Å². The van der Waals surface area contributed by atoms with Crippen LogP contribution in [-0.4, -0.2) is 35.7 Å². The lowest BCUT2D eigenvalue weighted by Crippen LogP contribution is -2.37. The zero-order valence-electron chi connectivity index (χ0n) is 14.1. The van der Waals surface area contributed by atoms with Crippen molar-refractivity contribution in [3.63, 3.8) is 0 Å². The summed E-state index contributed by atoms with van der Waals surface area (Å²) in [7, 11) is 2.01. The number of carbonyl (C=O) groups is 1. The maximum Gasteiger partial charge on any atom is 0.238 e. The van der Waals surface area contributed by atoms with Gasteiger partial charge in [0.1, 0.15) is 0 Å². The first-order chi connectivity index (χ1) is 11.0. The van der Waals surface area contributed by atoms with Gasteiger partial charge in [0.25, 0.3) is 0 Å². The van der Waals surface area contributed by atoms with E-state index in [1.54, 1.807) is 11.8 Å². The van der Waals surface area contributed by atoms with Gasteiger partial charge in [-0.3, -0.25) is 9.69 Å². The van der Waals surface area contributed by atoms with Crippen LogP contribution in [0.25, 0.3) is 0 Å². The van der Waals surface area contributed by atoms with Crippen LogP contribution in [0.15, 0.2) is 29.2 Å². The normalized spacial score (nSPS) is 16.7. The molecule has 1 amide bonds. The highest BCUT2D eigenvalue weighted by Crippen LogP contribution is 2.35. The van der Waals surface area contributed by atoms with Crippen molar-refractivity contribution < 1.29 is 4.79 Å². The Bertz CT molecular complexity index is 580. The van der Waals surface area contributed by atoms with Crippen LogP contribution in [0.1, 0.15) is 33.1 Å². The fourth-order valence-electron chi connectivity index (χ4n) is 2.56. The molecule has 2 atom stereocenters. The lowest BCUT2D eigenvalue weighted by molar-refractivity contribution is -0.117. The number of likely N-dealkylation sites (N-methyl/N-ethyl adjacent to an activating group) is 1. The highest BCUT2D eigenvalue weighted by atomic mass is 32.2. The summed E-state index contributed by atoms with van der Waals surface area (Å²) in [5.41, 5.74) is 0.833. The van der Waals surface area contributed by atoms with Crippen LogP contribution in [0.4, 0.5) is 5.69 Å². The maximum atomic E-state index is 12.3. The second-order valence-electron chi connectivity index (χ2n) is 6.33. The van der Waals surface area contributed by atoms with E-state index in [4.69, 9.17) is 5.26 Å². The molecule has 5 heteroatoms. The smallest absolute Gasteiger partial charge is 0.238 e. The predicted molar refractivity (Wildman–Crippen MR) is 95.4 cm³/mol. The number of nitrogens with zero attached hydrogens (tertiary/aromatic N) is 2. The summed E-state index contributed by atoms with van der Waals surface area (Å²) in [5.74, 6) is 0.767. The van der Waals surface area contributed by atoms with Crippen LogP contribution in [-0.2, 0) is 4.79 Å². The van der Waals surface area contributed by atoms with Crippen molar-refractivity contribution in [2.45, 2.75) is 49.3 Å². The highest BCUT2D eigenvalue weighted by Gasteiger charge is 2.31. The minimum Gasteiger partial charge on any atom is -0.324 e. The molecule has 4 nitrogen and oxygen atoms in total. The Kier molecular flexibility index (Phi) is 6.49. The van der Waals surface area contributed by atoms with Crippen molar-refractivity contribution in [2.75, 3.05) is 18.9 Å². The molecule has 1 aromatic rings. The Balaban J connectivity index is 1.93. The lowest BCUT2D eigenvalue weighted by atomic mass is 10.2. The molecule has 1 saturated carbocycles. The van der Waals surface area contributed by atoms with Gasteiger partial charge in [-0.15, -0.1) is 11.8 Å². The Morgan fingerprint density at radius 2 is 2.13 bits per heavy atom. The van der Waals surface area contributed by atoms with Gasteiger partial charge in [-0.1, -0.05) is 19.1 Å². The average Bonchev–Trinajstić information content (AvgIpc) is 3.33. The summed E-state index contributed by atoms with van der Waals surface area (Å²) >= 11 is 1.63. The van der Waals surface area contributed by atoms with E-state index in [9.17, 15) is 4.79 Å². The van der Waals surface area contributed by atoms with Gasteiger partial charge >= 0.3 is 0 Å². The third kappa shape index (κ3) is 5.56. The summed E-state index contributed by atoms with van der Waals surface area (Å²) in [6.07, 6.45) is 3.06. The maximum absolute atomic E-state index is 12.3. The number of thioether (sulfide) groups is 1. The van der Waals surface area contributed by atoms with Crippen molar-refractivity contribution in [1.82, 2.24) is 4.90 Å². The molecular weight excluding hydrogens is 306 g/mol. The van der Waals surface area contributed by atoms with Gasteiger partial charge in [-0.05, 0) is 44.9 Å². The van der Waals surface area contributed by atoms with E-state index in [1.807, 2.05) is 38.2 Å². The molecule has 1 aromatic carbocycles. The van der Waals surface area contributed by atoms with Gasteiger partial charge in [-0.25, -0.2) is 0 Å². The summed E-state index contributed by atoms with van der Waals surface area (Å²) in [5, 5.41) is 12.0. The van der Waals surface area contributed by atoms with Crippen molar-refractivity contribution >= 4 is 23.4 Å². The van der Waals surface area contributed by atoms with Gasteiger partial charge in [0, 0.05) is 22.6 Å². The molecule has 0 unspecified atom stereocenters. The molecule has 0 heterocycles. The molecule has 0 aromatic heterocycles. The first-order valence-corrected chi connectivity index (χ1v) is 9.02. The van der Waals surface area contributed by atoms with E-state index < -0.39 is 0 Å². The number of carbonyl (C=O) groups excluding carboxylic acids is 1. The molecule has 23 heavy (non-hydrogen) atoms. The number of para-hydroxylation sites is 1. The van der Waals surface area contributed by atoms with Gasteiger partial charge < -0.3 is 5.32 Å². The highest BCUT2D eigenvalue weighted by molar-refractivity contribution is 8.00. The number of benzene rings is 1. The van der Waals surface area contributed by atoms with Crippen LogP contribution in [0, 0.1) is 17.2 Å². The molecule has 0 spiro atoms. The van der Waals surface area contributed by atoms with E-state index in [0.717, 1.165) is 16.5 Å². The SMILES string of the molecule is C[C@H](C1CC1)N(C)CC(=O)Nc1ccccc1S[C@@H](C)CC#N. The van der Waals surface area contributed by atoms with Crippen LogP contribution in [0.3, 0.4) is 0 Å². The Labute approximate surface area is 143 Å². The van der Waals surface area contributed by atoms with Crippen LogP contribution >= 0.6 is 11.8 Å². The predicted octanol–water partition coefficient (Wildman–Crippen LogP) is 3.75. The monoisotopic (exact) mass is 331 g/mol. The molecule has 1 aliphatic rings. The molecule has 0 bridgehead atoms. The quantitative estimate of drug-likeness (QED) is 0.737. The Morgan fingerprint density at radius 1 is 1.43 bits per heavy atom. The van der Waals surface area contributed by atoms with Gasteiger partial charge in [0.15, 0.2) is 0 Å². The van der Waals surface area contributed by atoms with E-state index in [1.165, 1.54) is 12.8 Å². The molecule has 0 saturated heterocycles. The number of nitrogens with one attached hydrogen (secondary N) is 1. The summed E-state index contributed by atoms with van der Waals surface area (Å²) in [4.78, 5) is 15.5. The second-order valence-corrected chi connectivity index (χ2v) is 7.81. The molecule has 1 N–H and O–H groups in total. The molecular formula is C18H25N3OS. The number of hydrogen-bond acceptors (Lipinski definition) is 4. The van der Waals surface area contributed by atoms with E-state index in [-0.39, 0.29) is 11.2 Å². The zero-order chi connectivity index (χ0) is 16.8. The average molecular weight is 331 g/mol. The van der Waals surface area contributed by atoms with E-state index >= 15 is 0 Å². The van der Waals surface area contributed by atoms with Gasteiger partial charge in [0.05, 0.1) is 18.3 Å². The molecule has 2 rings (SSSR count). The molecule has 1 fully saturated rings. The summed E-state index contributed by atoms with van der Waals surface area (Å²) in [6, 6.07) is 10.4. The number of rotatable bonds is 8. The third-order valence-corrected chi connectivity index (χ3v) is 5.44. The van der Waals surface area contributed by atoms with E-state index in [0.29, 0.717) is 19.0 Å². The van der Waals surface area contributed by atoms with Crippen molar-refractivity contribution in [2.24, 2.45) is 5.92 Å². The zero-order valence-corrected chi connectivity index (χ0v) is 14.9. The first-order valence-electron chi connectivity index (χ1n) is 8.14. The summed E-state index contributed by atoms with van der Waals surface area (Å²) in [6.45, 7) is 4.63. The van der Waals surface area contributed by atoms with E-state index in [2.05, 4.69) is 23.2 Å². The van der Waals surface area contributed by atoms with Crippen molar-refractivity contribution in [1.29, 1.82) is 5.26 Å². The van der Waals surface area contributed by atoms with Crippen LogP contribution in [0.5, 0.6) is 0 Å². The first kappa shape index (κ1) is 17.8. The largest absolute Gasteiger partial charge is 0.324 e. The minimum absolute atomic E-state index is 0.0148. The van der Waals surface area contributed by atoms with Gasteiger partial charge in [0.2, 0.25) is 5.91 Å². The van der Waals surface area contributed by atoms with Crippen molar-refractivity contribution in [3.05, 3.63) is 24.3 Å². The van der Waals surface area contributed by atoms with Crippen molar-refractivity contribution in [3.8, 4) is 6.07 Å². The Morgan fingerprint density at radius 3 is 2.78 bits per heavy atom. The number of nitriles is 1. The number of amides is 1. The van der Waals surface area contributed by atoms with Crippen LogP contribution < -0.4 is 5.32 Å². The Hall–Kier alpha value is -1.51. The fraction of sp³-hybridized carbons (Fsp3) is 0.556. The molecule has 0 radical (unpaired) electrons. The lowest BCUT2D eigenvalue weighted by Gasteiger charge is -2.24. The number of hydrogen-bond donors (Lipinski definition) is 1. The molecule has 0 aliphatic heterocycles. The minimum atomic E-state index is 0.0148. The number of anilines is 1.